The average Bonchev–Trinajstić information content (AvgIpc) is 3.31. The van der Waals surface area contributed by atoms with Crippen molar-refractivity contribution in [2.75, 3.05) is 33.3 Å². The van der Waals surface area contributed by atoms with Gasteiger partial charge in [0.1, 0.15) is 5.56 Å². The summed E-state index contributed by atoms with van der Waals surface area (Å²) in [4.78, 5) is 20.9. The van der Waals surface area contributed by atoms with E-state index in [-0.39, 0.29) is 5.91 Å². The van der Waals surface area contributed by atoms with Gasteiger partial charge in [-0.05, 0) is 25.0 Å². The third-order valence-corrected chi connectivity index (χ3v) is 3.86. The van der Waals surface area contributed by atoms with Gasteiger partial charge in [-0.25, -0.2) is 4.98 Å². The number of rotatable bonds is 3. The second-order valence-electron chi connectivity index (χ2n) is 5.12. The van der Waals surface area contributed by atoms with Crippen LogP contribution in [0.2, 0.25) is 0 Å². The summed E-state index contributed by atoms with van der Waals surface area (Å²) in [6.45, 7) is 3.57. The molecule has 0 spiro atoms. The van der Waals surface area contributed by atoms with Gasteiger partial charge in [0.2, 0.25) is 5.88 Å². The van der Waals surface area contributed by atoms with Crippen molar-refractivity contribution in [1.29, 1.82) is 0 Å². The van der Waals surface area contributed by atoms with Gasteiger partial charge in [0, 0.05) is 38.4 Å². The summed E-state index contributed by atoms with van der Waals surface area (Å²) < 4.78 is 5.16. The van der Waals surface area contributed by atoms with Crippen molar-refractivity contribution in [3.8, 4) is 5.88 Å². The van der Waals surface area contributed by atoms with Crippen LogP contribution in [0.5, 0.6) is 5.88 Å². The van der Waals surface area contributed by atoms with Crippen LogP contribution in [0.15, 0.2) is 18.3 Å². The molecule has 0 bridgehead atoms. The lowest BCUT2D eigenvalue weighted by Crippen LogP contribution is -2.49. The first-order chi connectivity index (χ1) is 9.29. The molecule has 1 aliphatic carbocycles. The number of amides is 1. The van der Waals surface area contributed by atoms with Crippen LogP contribution in [-0.2, 0) is 0 Å². The first-order valence-corrected chi connectivity index (χ1v) is 6.82. The topological polar surface area (TPSA) is 45.7 Å². The van der Waals surface area contributed by atoms with Crippen molar-refractivity contribution in [3.05, 3.63) is 23.9 Å². The van der Waals surface area contributed by atoms with Gasteiger partial charge in [0.05, 0.1) is 7.11 Å². The predicted molar refractivity (Wildman–Crippen MR) is 71.3 cm³/mol. The lowest BCUT2D eigenvalue weighted by Gasteiger charge is -2.34. The van der Waals surface area contributed by atoms with E-state index in [1.165, 1.54) is 12.8 Å². The van der Waals surface area contributed by atoms with Crippen LogP contribution in [0.25, 0.3) is 0 Å². The maximum Gasteiger partial charge on any atom is 0.259 e. The minimum Gasteiger partial charge on any atom is -0.480 e. The highest BCUT2D eigenvalue weighted by Gasteiger charge is 2.32. The number of nitrogens with zero attached hydrogens (tertiary/aromatic N) is 3. The zero-order valence-corrected chi connectivity index (χ0v) is 11.2. The van der Waals surface area contributed by atoms with E-state index < -0.39 is 0 Å². The van der Waals surface area contributed by atoms with Gasteiger partial charge >= 0.3 is 0 Å². The predicted octanol–water partition coefficient (Wildman–Crippen LogP) is 1.01. The number of piperazine rings is 1. The number of aromatic nitrogens is 1. The van der Waals surface area contributed by atoms with Crippen LogP contribution in [0.1, 0.15) is 23.2 Å². The first kappa shape index (κ1) is 12.4. The largest absolute Gasteiger partial charge is 0.480 e. The highest BCUT2D eigenvalue weighted by atomic mass is 16.5. The van der Waals surface area contributed by atoms with E-state index in [4.69, 9.17) is 4.74 Å². The van der Waals surface area contributed by atoms with E-state index in [2.05, 4.69) is 9.88 Å². The fourth-order valence-corrected chi connectivity index (χ4v) is 2.62. The average molecular weight is 261 g/mol. The molecule has 1 amide bonds. The molecular weight excluding hydrogens is 242 g/mol. The van der Waals surface area contributed by atoms with E-state index in [0.717, 1.165) is 32.2 Å². The fourth-order valence-electron chi connectivity index (χ4n) is 2.62. The molecule has 19 heavy (non-hydrogen) atoms. The van der Waals surface area contributed by atoms with E-state index in [1.54, 1.807) is 25.4 Å². The SMILES string of the molecule is COc1ncccc1C(=O)N1CCN(C2CC2)CC1. The Kier molecular flexibility index (Phi) is 3.38. The zero-order chi connectivity index (χ0) is 13.2. The van der Waals surface area contributed by atoms with Crippen LogP contribution >= 0.6 is 0 Å². The molecule has 1 aromatic rings. The van der Waals surface area contributed by atoms with Gasteiger partial charge in [-0.2, -0.15) is 0 Å². The number of methoxy groups -OCH3 is 1. The van der Waals surface area contributed by atoms with Crippen molar-refractivity contribution >= 4 is 5.91 Å². The zero-order valence-electron chi connectivity index (χ0n) is 11.2. The Morgan fingerprint density at radius 1 is 1.32 bits per heavy atom. The number of hydrogen-bond acceptors (Lipinski definition) is 4. The minimum absolute atomic E-state index is 0.0281. The maximum atomic E-state index is 12.5. The molecule has 0 N–H and O–H groups in total. The summed E-state index contributed by atoms with van der Waals surface area (Å²) in [6.07, 6.45) is 4.29. The van der Waals surface area contributed by atoms with Crippen LogP contribution in [0, 0.1) is 0 Å². The summed E-state index contributed by atoms with van der Waals surface area (Å²) in [6, 6.07) is 4.34. The molecule has 2 fully saturated rings. The second kappa shape index (κ2) is 5.17. The van der Waals surface area contributed by atoms with Gasteiger partial charge < -0.3 is 9.64 Å². The summed E-state index contributed by atoms with van der Waals surface area (Å²) >= 11 is 0. The van der Waals surface area contributed by atoms with Crippen molar-refractivity contribution in [2.24, 2.45) is 0 Å². The molecule has 1 aliphatic heterocycles. The number of carbonyl (C=O) groups is 1. The molecular formula is C14H19N3O2. The summed E-state index contributed by atoms with van der Waals surface area (Å²) in [5.41, 5.74) is 0.560. The molecule has 1 aromatic heterocycles. The van der Waals surface area contributed by atoms with Crippen LogP contribution < -0.4 is 4.74 Å². The molecule has 0 aromatic carbocycles. The molecule has 0 radical (unpaired) electrons. The van der Waals surface area contributed by atoms with Gasteiger partial charge in [-0.15, -0.1) is 0 Å². The number of pyridine rings is 1. The van der Waals surface area contributed by atoms with Crippen molar-refractivity contribution in [1.82, 2.24) is 14.8 Å². The van der Waals surface area contributed by atoms with E-state index in [0.29, 0.717) is 11.4 Å². The Balaban J connectivity index is 1.67. The molecule has 1 saturated heterocycles. The molecule has 1 saturated carbocycles. The number of hydrogen-bond donors (Lipinski definition) is 0. The Hall–Kier alpha value is -1.62. The van der Waals surface area contributed by atoms with Crippen LogP contribution in [0.4, 0.5) is 0 Å². The van der Waals surface area contributed by atoms with Gasteiger partial charge in [0.15, 0.2) is 0 Å². The van der Waals surface area contributed by atoms with Gasteiger partial charge in [-0.3, -0.25) is 9.69 Å². The third-order valence-electron chi connectivity index (χ3n) is 3.86. The third kappa shape index (κ3) is 2.56. The Morgan fingerprint density at radius 2 is 2.05 bits per heavy atom. The smallest absolute Gasteiger partial charge is 0.259 e. The summed E-state index contributed by atoms with van der Waals surface area (Å²) in [7, 11) is 1.55. The van der Waals surface area contributed by atoms with Crippen molar-refractivity contribution in [2.45, 2.75) is 18.9 Å². The monoisotopic (exact) mass is 261 g/mol. The molecule has 2 aliphatic rings. The van der Waals surface area contributed by atoms with Crippen LogP contribution in [-0.4, -0.2) is 60.0 Å². The van der Waals surface area contributed by atoms with Gasteiger partial charge in [-0.1, -0.05) is 0 Å². The maximum absolute atomic E-state index is 12.5. The molecule has 5 heteroatoms. The van der Waals surface area contributed by atoms with Gasteiger partial charge in [0.25, 0.3) is 5.91 Å². The van der Waals surface area contributed by atoms with Crippen molar-refractivity contribution < 1.29 is 9.53 Å². The highest BCUT2D eigenvalue weighted by Crippen LogP contribution is 2.28. The molecule has 102 valence electrons. The lowest BCUT2D eigenvalue weighted by atomic mass is 10.2. The number of ether oxygens (including phenoxy) is 1. The summed E-state index contributed by atoms with van der Waals surface area (Å²) in [5, 5.41) is 0. The van der Waals surface area contributed by atoms with E-state index in [1.807, 2.05) is 4.90 Å². The van der Waals surface area contributed by atoms with Crippen molar-refractivity contribution in [3.63, 3.8) is 0 Å². The second-order valence-corrected chi connectivity index (χ2v) is 5.12. The normalized spacial score (nSPS) is 20.4. The molecule has 5 nitrogen and oxygen atoms in total. The summed E-state index contributed by atoms with van der Waals surface area (Å²) in [5.74, 6) is 0.442. The Bertz CT molecular complexity index is 466. The van der Waals surface area contributed by atoms with Crippen LogP contribution in [0.3, 0.4) is 0 Å². The minimum atomic E-state index is 0.0281. The molecule has 3 rings (SSSR count). The quantitative estimate of drug-likeness (QED) is 0.814. The number of carbonyl (C=O) groups excluding carboxylic acids is 1. The highest BCUT2D eigenvalue weighted by molar-refractivity contribution is 5.96. The molecule has 2 heterocycles. The Labute approximate surface area is 113 Å². The molecule has 0 unspecified atom stereocenters. The van der Waals surface area contributed by atoms with E-state index >= 15 is 0 Å². The van der Waals surface area contributed by atoms with E-state index in [9.17, 15) is 4.79 Å². The molecule has 0 atom stereocenters. The first-order valence-electron chi connectivity index (χ1n) is 6.82. The fraction of sp³-hybridized carbons (Fsp3) is 0.571. The Morgan fingerprint density at radius 3 is 2.68 bits per heavy atom. The lowest BCUT2D eigenvalue weighted by molar-refractivity contribution is 0.0623. The standard InChI is InChI=1S/C14H19N3O2/c1-19-13-12(3-2-6-15-13)14(18)17-9-7-16(8-10-17)11-4-5-11/h2-3,6,11H,4-5,7-10H2,1H3.